The SMILES string of the molecule is CCCCNC(=O)[C@@H](C)N(Cc1ccccc1C)C(=O)Cc1ccc(Cl)cc1Cl. The van der Waals surface area contributed by atoms with Gasteiger partial charge in [-0.15, -0.1) is 0 Å². The molecule has 0 unspecified atom stereocenters. The van der Waals surface area contributed by atoms with E-state index in [1.807, 2.05) is 31.2 Å². The molecule has 2 aromatic rings. The summed E-state index contributed by atoms with van der Waals surface area (Å²) in [6.07, 6.45) is 2.01. The highest BCUT2D eigenvalue weighted by Gasteiger charge is 2.26. The van der Waals surface area contributed by atoms with Gasteiger partial charge in [0.25, 0.3) is 0 Å². The Labute approximate surface area is 183 Å². The van der Waals surface area contributed by atoms with E-state index in [1.54, 1.807) is 30.0 Å². The van der Waals surface area contributed by atoms with E-state index in [1.165, 1.54) is 0 Å². The van der Waals surface area contributed by atoms with Crippen molar-refractivity contribution in [2.24, 2.45) is 0 Å². The summed E-state index contributed by atoms with van der Waals surface area (Å²) in [6.45, 7) is 6.80. The van der Waals surface area contributed by atoms with Gasteiger partial charge >= 0.3 is 0 Å². The summed E-state index contributed by atoms with van der Waals surface area (Å²) >= 11 is 12.2. The fraction of sp³-hybridized carbons (Fsp3) is 0.391. The lowest BCUT2D eigenvalue weighted by Crippen LogP contribution is -2.48. The number of nitrogens with one attached hydrogen (secondary N) is 1. The topological polar surface area (TPSA) is 49.4 Å². The Morgan fingerprint density at radius 2 is 1.83 bits per heavy atom. The Hall–Kier alpha value is -2.04. The molecule has 0 saturated heterocycles. The molecule has 4 nitrogen and oxygen atoms in total. The number of nitrogens with zero attached hydrogens (tertiary/aromatic N) is 1. The van der Waals surface area contributed by atoms with Gasteiger partial charge in [0.15, 0.2) is 0 Å². The highest BCUT2D eigenvalue weighted by Crippen LogP contribution is 2.23. The fourth-order valence-corrected chi connectivity index (χ4v) is 3.49. The zero-order valence-electron chi connectivity index (χ0n) is 17.2. The molecule has 0 fully saturated rings. The lowest BCUT2D eigenvalue weighted by atomic mass is 10.1. The Kier molecular flexibility index (Phi) is 8.99. The second-order valence-electron chi connectivity index (χ2n) is 7.18. The van der Waals surface area contributed by atoms with Crippen LogP contribution in [-0.2, 0) is 22.6 Å². The standard InChI is InChI=1S/C23H28Cl2N2O2/c1-4-5-12-26-23(29)17(3)27(15-19-9-7-6-8-16(19)2)22(28)13-18-10-11-20(24)14-21(18)25/h6-11,14,17H,4-5,12-13,15H2,1-3H3,(H,26,29)/t17-/m1/s1. The molecule has 29 heavy (non-hydrogen) atoms. The van der Waals surface area contributed by atoms with Gasteiger partial charge in [0.2, 0.25) is 11.8 Å². The van der Waals surface area contributed by atoms with Crippen LogP contribution in [0.3, 0.4) is 0 Å². The molecule has 0 radical (unpaired) electrons. The van der Waals surface area contributed by atoms with Gasteiger partial charge in [0.05, 0.1) is 6.42 Å². The lowest BCUT2D eigenvalue weighted by Gasteiger charge is -2.29. The molecule has 2 rings (SSSR count). The molecule has 0 aliphatic heterocycles. The second kappa shape index (κ2) is 11.2. The Morgan fingerprint density at radius 3 is 2.48 bits per heavy atom. The van der Waals surface area contributed by atoms with Gasteiger partial charge in [0, 0.05) is 23.1 Å². The van der Waals surface area contributed by atoms with Gasteiger partial charge < -0.3 is 10.2 Å². The number of aryl methyl sites for hydroxylation is 1. The van der Waals surface area contributed by atoms with Crippen molar-refractivity contribution in [2.75, 3.05) is 6.54 Å². The normalized spacial score (nSPS) is 11.8. The van der Waals surface area contributed by atoms with Crippen LogP contribution in [0.1, 0.15) is 43.4 Å². The van der Waals surface area contributed by atoms with Crippen molar-refractivity contribution < 1.29 is 9.59 Å². The van der Waals surface area contributed by atoms with Gasteiger partial charge in [-0.2, -0.15) is 0 Å². The average Bonchev–Trinajstić information content (AvgIpc) is 2.69. The Morgan fingerprint density at radius 1 is 1.10 bits per heavy atom. The third kappa shape index (κ3) is 6.76. The largest absolute Gasteiger partial charge is 0.354 e. The molecule has 6 heteroatoms. The summed E-state index contributed by atoms with van der Waals surface area (Å²) < 4.78 is 0. The molecule has 1 atom stereocenters. The summed E-state index contributed by atoms with van der Waals surface area (Å²) in [5, 5.41) is 3.89. The van der Waals surface area contributed by atoms with E-state index in [4.69, 9.17) is 23.2 Å². The molecule has 2 amide bonds. The van der Waals surface area contributed by atoms with Gasteiger partial charge in [-0.1, -0.05) is 66.9 Å². The number of amides is 2. The summed E-state index contributed by atoms with van der Waals surface area (Å²) in [5.74, 6) is -0.307. The van der Waals surface area contributed by atoms with Crippen LogP contribution in [-0.4, -0.2) is 29.3 Å². The summed E-state index contributed by atoms with van der Waals surface area (Å²) in [7, 11) is 0. The third-order valence-electron chi connectivity index (χ3n) is 4.96. The van der Waals surface area contributed by atoms with E-state index < -0.39 is 6.04 Å². The quantitative estimate of drug-likeness (QED) is 0.552. The van der Waals surface area contributed by atoms with Crippen LogP contribution in [0.25, 0.3) is 0 Å². The van der Waals surface area contributed by atoms with Crippen LogP contribution >= 0.6 is 23.2 Å². The number of carbonyl (C=O) groups is 2. The van der Waals surface area contributed by atoms with Crippen molar-refractivity contribution in [3.05, 3.63) is 69.2 Å². The van der Waals surface area contributed by atoms with Gasteiger partial charge in [-0.3, -0.25) is 9.59 Å². The first-order chi connectivity index (χ1) is 13.8. The number of unbranched alkanes of at least 4 members (excludes halogenated alkanes) is 1. The second-order valence-corrected chi connectivity index (χ2v) is 8.02. The highest BCUT2D eigenvalue weighted by molar-refractivity contribution is 6.35. The van der Waals surface area contributed by atoms with Crippen LogP contribution in [0.5, 0.6) is 0 Å². The first-order valence-corrected chi connectivity index (χ1v) is 10.6. The summed E-state index contributed by atoms with van der Waals surface area (Å²) in [6, 6.07) is 12.4. The van der Waals surface area contributed by atoms with E-state index >= 15 is 0 Å². The minimum atomic E-state index is -0.593. The molecule has 1 N–H and O–H groups in total. The molecular formula is C23H28Cl2N2O2. The molecule has 0 bridgehead atoms. The molecule has 0 aliphatic rings. The molecular weight excluding hydrogens is 407 g/mol. The zero-order valence-corrected chi connectivity index (χ0v) is 18.7. The van der Waals surface area contributed by atoms with E-state index in [9.17, 15) is 9.59 Å². The molecule has 0 heterocycles. The number of hydrogen-bond acceptors (Lipinski definition) is 2. The predicted molar refractivity (Wildman–Crippen MR) is 119 cm³/mol. The predicted octanol–water partition coefficient (Wildman–Crippen LogP) is 5.18. The van der Waals surface area contributed by atoms with E-state index in [-0.39, 0.29) is 18.2 Å². The van der Waals surface area contributed by atoms with Crippen LogP contribution in [0, 0.1) is 6.92 Å². The van der Waals surface area contributed by atoms with Gasteiger partial charge in [-0.25, -0.2) is 0 Å². The highest BCUT2D eigenvalue weighted by atomic mass is 35.5. The van der Waals surface area contributed by atoms with Crippen molar-refractivity contribution in [1.82, 2.24) is 10.2 Å². The Bertz CT molecular complexity index is 855. The summed E-state index contributed by atoms with van der Waals surface area (Å²) in [5.41, 5.74) is 2.78. The minimum absolute atomic E-state index is 0.106. The molecule has 0 spiro atoms. The van der Waals surface area contributed by atoms with Crippen LogP contribution in [0.15, 0.2) is 42.5 Å². The number of halogens is 2. The zero-order chi connectivity index (χ0) is 21.4. The Balaban J connectivity index is 2.23. The van der Waals surface area contributed by atoms with E-state index in [2.05, 4.69) is 12.2 Å². The fourth-order valence-electron chi connectivity index (χ4n) is 3.02. The molecule has 0 aliphatic carbocycles. The average molecular weight is 435 g/mol. The van der Waals surface area contributed by atoms with Crippen molar-refractivity contribution in [1.29, 1.82) is 0 Å². The number of carbonyl (C=O) groups excluding carboxylic acids is 2. The van der Waals surface area contributed by atoms with Gasteiger partial charge in [-0.05, 0) is 49.1 Å². The maximum atomic E-state index is 13.2. The first-order valence-electron chi connectivity index (χ1n) is 9.89. The first kappa shape index (κ1) is 23.2. The van der Waals surface area contributed by atoms with Gasteiger partial charge in [0.1, 0.15) is 6.04 Å². The summed E-state index contributed by atoms with van der Waals surface area (Å²) in [4.78, 5) is 27.5. The number of hydrogen-bond donors (Lipinski definition) is 1. The number of rotatable bonds is 9. The van der Waals surface area contributed by atoms with Crippen molar-refractivity contribution in [3.8, 4) is 0 Å². The number of benzene rings is 2. The van der Waals surface area contributed by atoms with Crippen molar-refractivity contribution in [2.45, 2.75) is 52.6 Å². The molecule has 0 saturated carbocycles. The van der Waals surface area contributed by atoms with Crippen LogP contribution in [0.2, 0.25) is 10.0 Å². The molecule has 156 valence electrons. The monoisotopic (exact) mass is 434 g/mol. The maximum absolute atomic E-state index is 13.2. The third-order valence-corrected chi connectivity index (χ3v) is 5.54. The van der Waals surface area contributed by atoms with Crippen molar-refractivity contribution >= 4 is 35.0 Å². The molecule has 0 aromatic heterocycles. The minimum Gasteiger partial charge on any atom is -0.354 e. The van der Waals surface area contributed by atoms with Crippen LogP contribution in [0.4, 0.5) is 0 Å². The van der Waals surface area contributed by atoms with E-state index in [0.717, 1.165) is 24.0 Å². The smallest absolute Gasteiger partial charge is 0.242 e. The molecule has 2 aromatic carbocycles. The maximum Gasteiger partial charge on any atom is 0.242 e. The van der Waals surface area contributed by atoms with Crippen LogP contribution < -0.4 is 5.32 Å². The lowest BCUT2D eigenvalue weighted by molar-refractivity contribution is -0.140. The van der Waals surface area contributed by atoms with Crippen molar-refractivity contribution in [3.63, 3.8) is 0 Å². The van der Waals surface area contributed by atoms with E-state index in [0.29, 0.717) is 28.7 Å².